The van der Waals surface area contributed by atoms with E-state index in [1.54, 1.807) is 6.07 Å². The van der Waals surface area contributed by atoms with E-state index in [1.165, 1.54) is 23.5 Å². The van der Waals surface area contributed by atoms with E-state index in [4.69, 9.17) is 11.6 Å². The summed E-state index contributed by atoms with van der Waals surface area (Å²) in [5.74, 6) is -0.807. The number of benzene rings is 1. The molecule has 0 amide bonds. The minimum atomic E-state index is -0.422. The molecule has 120 valence electrons. The van der Waals surface area contributed by atoms with E-state index in [9.17, 15) is 8.78 Å². The van der Waals surface area contributed by atoms with Crippen LogP contribution in [0.3, 0.4) is 0 Å². The van der Waals surface area contributed by atoms with E-state index in [2.05, 4.69) is 10.2 Å². The Morgan fingerprint density at radius 2 is 1.86 bits per heavy atom. The second kappa shape index (κ2) is 7.70. The summed E-state index contributed by atoms with van der Waals surface area (Å²) in [6, 6.07) is 7.03. The summed E-state index contributed by atoms with van der Waals surface area (Å²) in [6.45, 7) is 3.26. The van der Waals surface area contributed by atoms with Crippen LogP contribution in [0.1, 0.15) is 16.5 Å². The number of hydrogen-bond donors (Lipinski definition) is 1. The standard InChI is InChI=1S/C15H15ClF2N2S.ClH/c16-14-4-3-13(21-14)15(20-7-5-19-6-8-20)11-9-10(17)1-2-12(11)18;/h1-4,9,15,19H,5-8H2;1H/t15-;/m0./s1. The number of hydrogen-bond acceptors (Lipinski definition) is 3. The van der Waals surface area contributed by atoms with Gasteiger partial charge in [0.15, 0.2) is 0 Å². The second-order valence-corrected chi connectivity index (χ2v) is 6.74. The zero-order valence-corrected chi connectivity index (χ0v) is 14.1. The van der Waals surface area contributed by atoms with Crippen molar-refractivity contribution in [2.75, 3.05) is 26.2 Å². The third-order valence-electron chi connectivity index (χ3n) is 3.63. The highest BCUT2D eigenvalue weighted by molar-refractivity contribution is 7.16. The maximum absolute atomic E-state index is 14.2. The fraction of sp³-hybridized carbons (Fsp3) is 0.333. The number of piperazine rings is 1. The van der Waals surface area contributed by atoms with Crippen molar-refractivity contribution in [3.8, 4) is 0 Å². The molecule has 0 unspecified atom stereocenters. The van der Waals surface area contributed by atoms with Gasteiger partial charge >= 0.3 is 0 Å². The lowest BCUT2D eigenvalue weighted by Crippen LogP contribution is -2.45. The molecule has 1 atom stereocenters. The average molecular weight is 365 g/mol. The molecule has 0 bridgehead atoms. The van der Waals surface area contributed by atoms with Crippen molar-refractivity contribution in [2.45, 2.75) is 6.04 Å². The van der Waals surface area contributed by atoms with Gasteiger partial charge in [-0.1, -0.05) is 11.6 Å². The van der Waals surface area contributed by atoms with E-state index < -0.39 is 5.82 Å². The molecule has 3 rings (SSSR count). The summed E-state index contributed by atoms with van der Waals surface area (Å²) in [7, 11) is 0. The van der Waals surface area contributed by atoms with Crippen LogP contribution in [0.4, 0.5) is 8.78 Å². The van der Waals surface area contributed by atoms with Crippen molar-refractivity contribution >= 4 is 35.3 Å². The zero-order chi connectivity index (χ0) is 14.8. The number of nitrogens with zero attached hydrogens (tertiary/aromatic N) is 1. The third-order valence-corrected chi connectivity index (χ3v) is 4.92. The highest BCUT2D eigenvalue weighted by atomic mass is 35.5. The Bertz CT molecular complexity index is 630. The first-order valence-corrected chi connectivity index (χ1v) is 7.99. The first-order chi connectivity index (χ1) is 10.1. The van der Waals surface area contributed by atoms with Crippen molar-refractivity contribution in [3.05, 3.63) is 56.7 Å². The number of thiophene rings is 1. The van der Waals surface area contributed by atoms with Gasteiger partial charge < -0.3 is 5.32 Å². The SMILES string of the molecule is Cl.Fc1ccc(F)c([C@@H](c2ccc(Cl)s2)N2CCNCC2)c1. The average Bonchev–Trinajstić information content (AvgIpc) is 2.90. The van der Waals surface area contributed by atoms with Gasteiger partial charge in [-0.15, -0.1) is 23.7 Å². The predicted molar refractivity (Wildman–Crippen MR) is 89.2 cm³/mol. The highest BCUT2D eigenvalue weighted by Crippen LogP contribution is 2.36. The van der Waals surface area contributed by atoms with Crippen LogP contribution in [0.25, 0.3) is 0 Å². The molecule has 0 saturated carbocycles. The zero-order valence-electron chi connectivity index (χ0n) is 11.7. The minimum Gasteiger partial charge on any atom is -0.314 e. The molecule has 22 heavy (non-hydrogen) atoms. The summed E-state index contributed by atoms with van der Waals surface area (Å²) >= 11 is 7.43. The smallest absolute Gasteiger partial charge is 0.128 e. The molecule has 2 nitrogen and oxygen atoms in total. The Labute approximate surface area is 143 Å². The van der Waals surface area contributed by atoms with Crippen LogP contribution >= 0.6 is 35.3 Å². The predicted octanol–water partition coefficient (Wildman–Crippen LogP) is 4.10. The van der Waals surface area contributed by atoms with E-state index >= 15 is 0 Å². The van der Waals surface area contributed by atoms with Gasteiger partial charge in [0.25, 0.3) is 0 Å². The molecule has 2 heterocycles. The first kappa shape index (κ1) is 17.6. The van der Waals surface area contributed by atoms with Crippen LogP contribution in [0, 0.1) is 11.6 Å². The molecule has 1 aromatic heterocycles. The number of halogens is 4. The molecule has 0 aliphatic carbocycles. The van der Waals surface area contributed by atoms with Gasteiger partial charge in [0.05, 0.1) is 10.4 Å². The van der Waals surface area contributed by atoms with Crippen molar-refractivity contribution in [1.29, 1.82) is 0 Å². The quantitative estimate of drug-likeness (QED) is 0.881. The fourth-order valence-corrected chi connectivity index (χ4v) is 3.88. The Balaban J connectivity index is 0.00000176. The van der Waals surface area contributed by atoms with Crippen LogP contribution in [-0.4, -0.2) is 31.1 Å². The summed E-state index contributed by atoms with van der Waals surface area (Å²) in [5, 5.41) is 3.27. The largest absolute Gasteiger partial charge is 0.314 e. The normalized spacial score (nSPS) is 17.0. The maximum Gasteiger partial charge on any atom is 0.128 e. The monoisotopic (exact) mass is 364 g/mol. The van der Waals surface area contributed by atoms with E-state index in [1.807, 2.05) is 6.07 Å². The molecular weight excluding hydrogens is 349 g/mol. The van der Waals surface area contributed by atoms with Gasteiger partial charge in [0.1, 0.15) is 11.6 Å². The Morgan fingerprint density at radius 3 is 2.50 bits per heavy atom. The van der Waals surface area contributed by atoms with Gasteiger partial charge in [-0.3, -0.25) is 4.90 Å². The third kappa shape index (κ3) is 3.78. The molecule has 1 aliphatic heterocycles. The maximum atomic E-state index is 14.2. The van der Waals surface area contributed by atoms with Gasteiger partial charge in [-0.25, -0.2) is 8.78 Å². The van der Waals surface area contributed by atoms with E-state index in [0.29, 0.717) is 9.90 Å². The van der Waals surface area contributed by atoms with Crippen LogP contribution in [0.15, 0.2) is 30.3 Å². The molecule has 7 heteroatoms. The van der Waals surface area contributed by atoms with E-state index in [-0.39, 0.29) is 24.3 Å². The summed E-state index contributed by atoms with van der Waals surface area (Å²) in [4.78, 5) is 3.10. The fourth-order valence-electron chi connectivity index (χ4n) is 2.67. The lowest BCUT2D eigenvalue weighted by atomic mass is 10.0. The van der Waals surface area contributed by atoms with Crippen molar-refractivity contribution in [2.24, 2.45) is 0 Å². The van der Waals surface area contributed by atoms with Gasteiger partial charge in [0, 0.05) is 36.6 Å². The molecule has 1 N–H and O–H groups in total. The van der Waals surface area contributed by atoms with Crippen LogP contribution in [0.5, 0.6) is 0 Å². The van der Waals surface area contributed by atoms with Crippen LogP contribution in [-0.2, 0) is 0 Å². The van der Waals surface area contributed by atoms with Crippen LogP contribution < -0.4 is 5.32 Å². The Morgan fingerprint density at radius 1 is 1.14 bits per heavy atom. The molecule has 1 aliphatic rings. The molecular formula is C15H16Cl2F2N2S. The number of nitrogens with one attached hydrogen (secondary N) is 1. The second-order valence-electron chi connectivity index (χ2n) is 5.00. The first-order valence-electron chi connectivity index (χ1n) is 6.80. The Hall–Kier alpha value is -0.720. The molecule has 1 aromatic carbocycles. The summed E-state index contributed by atoms with van der Waals surface area (Å²) in [6.07, 6.45) is 0. The number of rotatable bonds is 3. The molecule has 0 spiro atoms. The van der Waals surface area contributed by atoms with Crippen molar-refractivity contribution in [3.63, 3.8) is 0 Å². The topological polar surface area (TPSA) is 15.3 Å². The van der Waals surface area contributed by atoms with Crippen LogP contribution in [0.2, 0.25) is 4.34 Å². The molecule has 0 radical (unpaired) electrons. The lowest BCUT2D eigenvalue weighted by molar-refractivity contribution is 0.197. The summed E-state index contributed by atoms with van der Waals surface area (Å²) < 4.78 is 28.5. The summed E-state index contributed by atoms with van der Waals surface area (Å²) in [5.41, 5.74) is 0.371. The van der Waals surface area contributed by atoms with Crippen molar-refractivity contribution in [1.82, 2.24) is 10.2 Å². The molecule has 1 fully saturated rings. The van der Waals surface area contributed by atoms with Gasteiger partial charge in [0.2, 0.25) is 0 Å². The molecule has 1 saturated heterocycles. The molecule has 2 aromatic rings. The minimum absolute atomic E-state index is 0. The van der Waals surface area contributed by atoms with Gasteiger partial charge in [-0.05, 0) is 30.3 Å². The highest BCUT2D eigenvalue weighted by Gasteiger charge is 2.27. The van der Waals surface area contributed by atoms with Gasteiger partial charge in [-0.2, -0.15) is 0 Å². The van der Waals surface area contributed by atoms with Crippen molar-refractivity contribution < 1.29 is 8.78 Å². The lowest BCUT2D eigenvalue weighted by Gasteiger charge is -2.34. The van der Waals surface area contributed by atoms with E-state index in [0.717, 1.165) is 37.1 Å². The Kier molecular flexibility index (Phi) is 6.17.